The van der Waals surface area contributed by atoms with E-state index in [1.807, 2.05) is 18.2 Å². The molecule has 0 amide bonds. The molecule has 0 saturated carbocycles. The maximum atomic E-state index is 13.6. The predicted octanol–water partition coefficient (Wildman–Crippen LogP) is 4.38. The van der Waals surface area contributed by atoms with E-state index < -0.39 is 0 Å². The molecule has 0 fully saturated rings. The Kier molecular flexibility index (Phi) is 3.76. The second kappa shape index (κ2) is 5.48. The van der Waals surface area contributed by atoms with Gasteiger partial charge in [0.2, 0.25) is 0 Å². The monoisotopic (exact) mass is 229 g/mol. The van der Waals surface area contributed by atoms with Gasteiger partial charge in [0.15, 0.2) is 11.6 Å². The number of hydrogen-bond donors (Lipinski definition) is 0. The van der Waals surface area contributed by atoms with Crippen LogP contribution in [0.15, 0.2) is 48.5 Å². The van der Waals surface area contributed by atoms with Gasteiger partial charge in [0.05, 0.1) is 0 Å². The number of ether oxygens (including phenoxy) is 1. The van der Waals surface area contributed by atoms with E-state index in [-0.39, 0.29) is 11.6 Å². The fourth-order valence-electron chi connectivity index (χ4n) is 1.60. The first-order valence-corrected chi connectivity index (χ1v) is 5.60. The maximum absolute atomic E-state index is 13.6. The Morgan fingerprint density at radius 3 is 2.53 bits per heavy atom. The van der Waals surface area contributed by atoms with Crippen LogP contribution in [0.3, 0.4) is 0 Å². The van der Waals surface area contributed by atoms with E-state index in [1.165, 1.54) is 6.07 Å². The number of rotatable bonds is 4. The molecule has 0 bridgehead atoms. The van der Waals surface area contributed by atoms with Gasteiger partial charge < -0.3 is 4.74 Å². The summed E-state index contributed by atoms with van der Waals surface area (Å²) in [6, 6.07) is 14.1. The van der Waals surface area contributed by atoms with Crippen LogP contribution in [0.2, 0.25) is 0 Å². The quantitative estimate of drug-likeness (QED) is 0.755. The SMILES string of the molecule is [CH2]CCc1ccc(F)c(Oc2ccccc2)c1. The topological polar surface area (TPSA) is 9.23 Å². The van der Waals surface area contributed by atoms with Gasteiger partial charge in [-0.05, 0) is 42.7 Å². The zero-order chi connectivity index (χ0) is 12.1. The van der Waals surface area contributed by atoms with Crippen molar-refractivity contribution in [1.82, 2.24) is 0 Å². The zero-order valence-corrected chi connectivity index (χ0v) is 9.53. The molecule has 0 aliphatic heterocycles. The van der Waals surface area contributed by atoms with Crippen molar-refractivity contribution in [3.8, 4) is 11.5 Å². The highest BCUT2D eigenvalue weighted by molar-refractivity contribution is 5.35. The van der Waals surface area contributed by atoms with Crippen LogP contribution in [0.5, 0.6) is 11.5 Å². The Morgan fingerprint density at radius 1 is 1.06 bits per heavy atom. The van der Waals surface area contributed by atoms with Crippen LogP contribution in [-0.2, 0) is 6.42 Å². The first kappa shape index (κ1) is 11.6. The predicted molar refractivity (Wildman–Crippen MR) is 66.6 cm³/mol. The third-order valence-corrected chi connectivity index (χ3v) is 2.43. The zero-order valence-electron chi connectivity index (χ0n) is 9.53. The van der Waals surface area contributed by atoms with Crippen LogP contribution in [-0.4, -0.2) is 0 Å². The number of benzene rings is 2. The van der Waals surface area contributed by atoms with Gasteiger partial charge in [0, 0.05) is 0 Å². The van der Waals surface area contributed by atoms with Gasteiger partial charge >= 0.3 is 0 Å². The largest absolute Gasteiger partial charge is 0.454 e. The molecule has 1 nitrogen and oxygen atoms in total. The fourth-order valence-corrected chi connectivity index (χ4v) is 1.60. The second-order valence-corrected chi connectivity index (χ2v) is 3.78. The van der Waals surface area contributed by atoms with E-state index in [4.69, 9.17) is 4.74 Å². The minimum atomic E-state index is -0.346. The van der Waals surface area contributed by atoms with Crippen LogP contribution in [0, 0.1) is 12.7 Å². The smallest absolute Gasteiger partial charge is 0.165 e. The maximum Gasteiger partial charge on any atom is 0.165 e. The van der Waals surface area contributed by atoms with Gasteiger partial charge in [0.25, 0.3) is 0 Å². The Labute approximate surface area is 101 Å². The molecule has 2 rings (SSSR count). The van der Waals surface area contributed by atoms with Crippen molar-refractivity contribution in [2.24, 2.45) is 0 Å². The molecule has 0 aromatic heterocycles. The summed E-state index contributed by atoms with van der Waals surface area (Å²) in [5.41, 5.74) is 1.03. The van der Waals surface area contributed by atoms with Gasteiger partial charge in [-0.2, -0.15) is 0 Å². The molecular formula is C15H14FO. The summed E-state index contributed by atoms with van der Waals surface area (Å²) in [5, 5.41) is 0. The Balaban J connectivity index is 2.22. The molecule has 0 spiro atoms. The molecule has 0 atom stereocenters. The Morgan fingerprint density at radius 2 is 1.82 bits per heavy atom. The summed E-state index contributed by atoms with van der Waals surface area (Å²) in [5.74, 6) is 0.557. The van der Waals surface area contributed by atoms with E-state index in [1.54, 1.807) is 24.3 Å². The van der Waals surface area contributed by atoms with Crippen LogP contribution >= 0.6 is 0 Å². The molecule has 0 aliphatic carbocycles. The molecule has 2 aromatic carbocycles. The van der Waals surface area contributed by atoms with Crippen molar-refractivity contribution >= 4 is 0 Å². The van der Waals surface area contributed by atoms with Crippen LogP contribution in [0.25, 0.3) is 0 Å². The lowest BCUT2D eigenvalue weighted by Crippen LogP contribution is -1.91. The lowest BCUT2D eigenvalue weighted by atomic mass is 10.1. The van der Waals surface area contributed by atoms with E-state index in [9.17, 15) is 4.39 Å². The lowest BCUT2D eigenvalue weighted by molar-refractivity contribution is 0.441. The number of halogens is 1. The molecule has 1 radical (unpaired) electrons. The molecule has 0 unspecified atom stereocenters. The average molecular weight is 229 g/mol. The highest BCUT2D eigenvalue weighted by Gasteiger charge is 2.05. The minimum Gasteiger partial charge on any atom is -0.454 e. The van der Waals surface area contributed by atoms with Gasteiger partial charge in [-0.3, -0.25) is 0 Å². The standard InChI is InChI=1S/C15H14FO/c1-2-6-12-9-10-14(16)15(11-12)17-13-7-4-3-5-8-13/h3-5,7-11H,1-2,6H2. The fraction of sp³-hybridized carbons (Fsp3) is 0.133. The Hall–Kier alpha value is -1.83. The number of para-hydroxylation sites is 1. The third kappa shape index (κ3) is 3.06. The van der Waals surface area contributed by atoms with E-state index in [0.717, 1.165) is 18.4 Å². The van der Waals surface area contributed by atoms with Gasteiger partial charge in [0.1, 0.15) is 5.75 Å². The van der Waals surface area contributed by atoms with Gasteiger partial charge in [-0.25, -0.2) is 4.39 Å². The summed E-state index contributed by atoms with van der Waals surface area (Å²) < 4.78 is 19.1. The summed E-state index contributed by atoms with van der Waals surface area (Å²) in [7, 11) is 0. The molecule has 0 saturated heterocycles. The lowest BCUT2D eigenvalue weighted by Gasteiger charge is -2.08. The van der Waals surface area contributed by atoms with Crippen molar-refractivity contribution in [3.05, 3.63) is 66.8 Å². The number of hydrogen-bond acceptors (Lipinski definition) is 1. The van der Waals surface area contributed by atoms with Crippen molar-refractivity contribution in [2.75, 3.05) is 0 Å². The second-order valence-electron chi connectivity index (χ2n) is 3.78. The Bertz CT molecular complexity index is 480. The number of aryl methyl sites for hydroxylation is 1. The molecule has 0 heterocycles. The molecular weight excluding hydrogens is 215 g/mol. The van der Waals surface area contributed by atoms with Crippen molar-refractivity contribution in [2.45, 2.75) is 12.8 Å². The molecule has 17 heavy (non-hydrogen) atoms. The van der Waals surface area contributed by atoms with E-state index >= 15 is 0 Å². The van der Waals surface area contributed by atoms with Crippen LogP contribution in [0.4, 0.5) is 4.39 Å². The first-order valence-electron chi connectivity index (χ1n) is 5.60. The highest BCUT2D eigenvalue weighted by atomic mass is 19.1. The summed E-state index contributed by atoms with van der Waals surface area (Å²) >= 11 is 0. The molecule has 2 aromatic rings. The summed E-state index contributed by atoms with van der Waals surface area (Å²) in [4.78, 5) is 0. The van der Waals surface area contributed by atoms with Gasteiger partial charge in [-0.1, -0.05) is 31.2 Å². The minimum absolute atomic E-state index is 0.266. The van der Waals surface area contributed by atoms with Crippen LogP contribution < -0.4 is 4.74 Å². The van der Waals surface area contributed by atoms with Crippen molar-refractivity contribution in [3.63, 3.8) is 0 Å². The normalized spacial score (nSPS) is 10.2. The first-order chi connectivity index (χ1) is 8.29. The third-order valence-electron chi connectivity index (χ3n) is 2.43. The van der Waals surface area contributed by atoms with Crippen molar-refractivity contribution in [1.29, 1.82) is 0 Å². The van der Waals surface area contributed by atoms with Crippen LogP contribution in [0.1, 0.15) is 12.0 Å². The highest BCUT2D eigenvalue weighted by Crippen LogP contribution is 2.25. The van der Waals surface area contributed by atoms with E-state index in [2.05, 4.69) is 6.92 Å². The summed E-state index contributed by atoms with van der Waals surface area (Å²) in [6.45, 7) is 3.78. The average Bonchev–Trinajstić information content (AvgIpc) is 2.35. The van der Waals surface area contributed by atoms with Gasteiger partial charge in [-0.15, -0.1) is 0 Å². The summed E-state index contributed by atoms with van der Waals surface area (Å²) in [6.07, 6.45) is 1.61. The van der Waals surface area contributed by atoms with Crippen molar-refractivity contribution < 1.29 is 9.13 Å². The molecule has 0 aliphatic rings. The van der Waals surface area contributed by atoms with E-state index in [0.29, 0.717) is 5.75 Å². The molecule has 0 N–H and O–H groups in total. The molecule has 87 valence electrons. The molecule has 2 heteroatoms.